The van der Waals surface area contributed by atoms with E-state index in [9.17, 15) is 9.59 Å². The van der Waals surface area contributed by atoms with E-state index in [2.05, 4.69) is 22.9 Å². The van der Waals surface area contributed by atoms with E-state index in [1.165, 1.54) is 0 Å². The maximum absolute atomic E-state index is 12.6. The first-order chi connectivity index (χ1) is 12.7. The van der Waals surface area contributed by atoms with Crippen molar-refractivity contribution in [3.05, 3.63) is 35.9 Å². The van der Waals surface area contributed by atoms with E-state index in [1.807, 2.05) is 30.1 Å². The largest absolute Gasteiger partial charge is 0.466 e. The van der Waals surface area contributed by atoms with Crippen LogP contribution in [0.5, 0.6) is 0 Å². The molecule has 0 aromatic heterocycles. The van der Waals surface area contributed by atoms with Crippen LogP contribution in [0.3, 0.4) is 0 Å². The van der Waals surface area contributed by atoms with Crippen molar-refractivity contribution in [2.24, 2.45) is 11.8 Å². The second-order valence-corrected chi connectivity index (χ2v) is 7.11. The van der Waals surface area contributed by atoms with Crippen LogP contribution < -0.4 is 10.7 Å². The van der Waals surface area contributed by atoms with Crippen LogP contribution in [0, 0.1) is 11.8 Å². The smallest absolute Gasteiger partial charge is 0.309 e. The van der Waals surface area contributed by atoms with Gasteiger partial charge in [0.15, 0.2) is 0 Å². The maximum atomic E-state index is 12.6. The van der Waals surface area contributed by atoms with Crippen molar-refractivity contribution in [3.8, 4) is 0 Å². The molecule has 0 spiro atoms. The number of nitrogens with one attached hydrogen (secondary N) is 2. The number of hydrogen-bond acceptors (Lipinski definition) is 5. The zero-order valence-corrected chi connectivity index (χ0v) is 15.4. The number of ether oxygens (including phenoxy) is 1. The van der Waals surface area contributed by atoms with Crippen molar-refractivity contribution in [2.75, 3.05) is 32.8 Å². The Balaban J connectivity index is 1.67. The second kappa shape index (κ2) is 9.14. The molecule has 2 aliphatic heterocycles. The van der Waals surface area contributed by atoms with Gasteiger partial charge in [-0.05, 0) is 44.8 Å². The summed E-state index contributed by atoms with van der Waals surface area (Å²) in [5.41, 5.74) is 4.21. The van der Waals surface area contributed by atoms with Crippen LogP contribution in [-0.4, -0.2) is 49.7 Å². The summed E-state index contributed by atoms with van der Waals surface area (Å²) in [6.07, 6.45) is 2.45. The summed E-state index contributed by atoms with van der Waals surface area (Å²) in [7, 11) is 0. The highest BCUT2D eigenvalue weighted by Gasteiger charge is 2.37. The van der Waals surface area contributed by atoms with E-state index in [0.717, 1.165) is 31.5 Å². The molecule has 6 heteroatoms. The number of carbonyl (C=O) groups excluding carboxylic acids is 2. The van der Waals surface area contributed by atoms with E-state index >= 15 is 0 Å². The molecule has 2 atom stereocenters. The summed E-state index contributed by atoms with van der Waals surface area (Å²) in [4.78, 5) is 25.0. The summed E-state index contributed by atoms with van der Waals surface area (Å²) >= 11 is 0. The zero-order chi connectivity index (χ0) is 18.4. The van der Waals surface area contributed by atoms with Crippen molar-refractivity contribution in [3.63, 3.8) is 0 Å². The first-order valence-electron chi connectivity index (χ1n) is 9.66. The lowest BCUT2D eigenvalue weighted by atomic mass is 9.81. The van der Waals surface area contributed by atoms with Crippen LogP contribution in [0.4, 0.5) is 0 Å². The molecule has 2 fully saturated rings. The van der Waals surface area contributed by atoms with E-state index in [-0.39, 0.29) is 29.6 Å². The highest BCUT2D eigenvalue weighted by molar-refractivity contribution is 5.78. The number of nitrogens with zero attached hydrogens (tertiary/aromatic N) is 1. The van der Waals surface area contributed by atoms with Gasteiger partial charge in [-0.1, -0.05) is 30.3 Å². The molecule has 26 heavy (non-hydrogen) atoms. The van der Waals surface area contributed by atoms with Crippen molar-refractivity contribution in [1.82, 2.24) is 15.8 Å². The van der Waals surface area contributed by atoms with Crippen LogP contribution in [0.15, 0.2) is 30.3 Å². The maximum Gasteiger partial charge on any atom is 0.309 e. The molecule has 0 radical (unpaired) electrons. The normalized spacial score (nSPS) is 24.8. The van der Waals surface area contributed by atoms with E-state index < -0.39 is 0 Å². The molecule has 2 saturated heterocycles. The van der Waals surface area contributed by atoms with Crippen molar-refractivity contribution in [2.45, 2.75) is 32.1 Å². The fourth-order valence-electron chi connectivity index (χ4n) is 3.95. The first kappa shape index (κ1) is 18.9. The number of hydrazine groups is 1. The molecule has 142 valence electrons. The molecule has 6 nitrogen and oxygen atoms in total. The van der Waals surface area contributed by atoms with Crippen LogP contribution in [-0.2, 0) is 14.3 Å². The fraction of sp³-hybridized carbons (Fsp3) is 0.600. The summed E-state index contributed by atoms with van der Waals surface area (Å²) in [6, 6.07) is 10.1. The minimum Gasteiger partial charge on any atom is -0.466 e. The van der Waals surface area contributed by atoms with Gasteiger partial charge >= 0.3 is 5.97 Å². The van der Waals surface area contributed by atoms with Gasteiger partial charge in [-0.25, -0.2) is 5.01 Å². The Kier molecular flexibility index (Phi) is 6.63. The number of piperidine rings is 2. The predicted molar refractivity (Wildman–Crippen MR) is 99.2 cm³/mol. The zero-order valence-electron chi connectivity index (χ0n) is 15.4. The lowest BCUT2D eigenvalue weighted by molar-refractivity contribution is -0.151. The van der Waals surface area contributed by atoms with Gasteiger partial charge in [0.1, 0.15) is 0 Å². The van der Waals surface area contributed by atoms with Gasteiger partial charge in [-0.3, -0.25) is 15.0 Å². The molecule has 1 aromatic rings. The van der Waals surface area contributed by atoms with Crippen LogP contribution in [0.25, 0.3) is 0 Å². The molecule has 2 N–H and O–H groups in total. The van der Waals surface area contributed by atoms with Gasteiger partial charge < -0.3 is 10.1 Å². The third-order valence-corrected chi connectivity index (χ3v) is 5.41. The van der Waals surface area contributed by atoms with Gasteiger partial charge in [-0.15, -0.1) is 0 Å². The Hall–Kier alpha value is -1.92. The Morgan fingerprint density at radius 1 is 1.19 bits per heavy atom. The lowest BCUT2D eigenvalue weighted by Crippen LogP contribution is -2.53. The molecule has 0 bridgehead atoms. The van der Waals surface area contributed by atoms with Gasteiger partial charge in [0, 0.05) is 24.9 Å². The molecule has 0 saturated carbocycles. The number of rotatable bonds is 5. The van der Waals surface area contributed by atoms with Crippen molar-refractivity contribution in [1.29, 1.82) is 0 Å². The van der Waals surface area contributed by atoms with Gasteiger partial charge in [-0.2, -0.15) is 0 Å². The van der Waals surface area contributed by atoms with Gasteiger partial charge in [0.25, 0.3) is 0 Å². The lowest BCUT2D eigenvalue weighted by Gasteiger charge is -2.38. The van der Waals surface area contributed by atoms with E-state index in [1.54, 1.807) is 0 Å². The highest BCUT2D eigenvalue weighted by Crippen LogP contribution is 2.33. The minimum absolute atomic E-state index is 0.0253. The third-order valence-electron chi connectivity index (χ3n) is 5.41. The molecule has 3 rings (SSSR count). The number of carbonyl (C=O) groups is 2. The Labute approximate surface area is 155 Å². The number of amides is 1. The average Bonchev–Trinajstić information content (AvgIpc) is 2.69. The first-order valence-corrected chi connectivity index (χ1v) is 9.66. The molecular formula is C20H29N3O3. The van der Waals surface area contributed by atoms with E-state index in [4.69, 9.17) is 4.74 Å². The molecule has 2 unspecified atom stereocenters. The quantitative estimate of drug-likeness (QED) is 0.783. The Morgan fingerprint density at radius 3 is 2.62 bits per heavy atom. The third kappa shape index (κ3) is 4.62. The monoisotopic (exact) mass is 359 g/mol. The van der Waals surface area contributed by atoms with Crippen LogP contribution in [0.2, 0.25) is 0 Å². The Bertz CT molecular complexity index is 602. The second-order valence-electron chi connectivity index (χ2n) is 7.11. The molecule has 2 aliphatic rings. The molecule has 1 amide bonds. The molecule has 1 aromatic carbocycles. The molecule has 0 aliphatic carbocycles. The van der Waals surface area contributed by atoms with Crippen LogP contribution in [0.1, 0.15) is 37.7 Å². The predicted octanol–water partition coefficient (Wildman–Crippen LogP) is 1.69. The topological polar surface area (TPSA) is 70.7 Å². The SMILES string of the molecule is CCOC(=O)C1CCN(NC(=O)C2CCNCC2)CC1c1ccccc1. The summed E-state index contributed by atoms with van der Waals surface area (Å²) < 4.78 is 5.29. The molecule has 2 heterocycles. The minimum atomic E-state index is -0.163. The Morgan fingerprint density at radius 2 is 1.92 bits per heavy atom. The number of esters is 1. The van der Waals surface area contributed by atoms with Crippen LogP contribution >= 0.6 is 0 Å². The number of benzene rings is 1. The van der Waals surface area contributed by atoms with Gasteiger partial charge in [0.2, 0.25) is 5.91 Å². The van der Waals surface area contributed by atoms with Crippen molar-refractivity contribution >= 4 is 11.9 Å². The number of hydrogen-bond donors (Lipinski definition) is 2. The van der Waals surface area contributed by atoms with Crippen molar-refractivity contribution < 1.29 is 14.3 Å². The van der Waals surface area contributed by atoms with Gasteiger partial charge in [0.05, 0.1) is 12.5 Å². The summed E-state index contributed by atoms with van der Waals surface area (Å²) in [6.45, 7) is 5.33. The van der Waals surface area contributed by atoms with E-state index in [0.29, 0.717) is 26.1 Å². The standard InChI is InChI=1S/C20H29N3O3/c1-2-26-20(25)17-10-13-23(14-18(17)15-6-4-3-5-7-15)22-19(24)16-8-11-21-12-9-16/h3-7,16-18,21H,2,8-14H2,1H3,(H,22,24). The summed E-state index contributed by atoms with van der Waals surface area (Å²) in [5.74, 6) is -0.0884. The highest BCUT2D eigenvalue weighted by atomic mass is 16.5. The molecular weight excluding hydrogens is 330 g/mol. The summed E-state index contributed by atoms with van der Waals surface area (Å²) in [5, 5.41) is 5.27. The average molecular weight is 359 g/mol. The fourth-order valence-corrected chi connectivity index (χ4v) is 3.95.